The Morgan fingerprint density at radius 3 is 2.13 bits per heavy atom. The summed E-state index contributed by atoms with van der Waals surface area (Å²) >= 11 is 0. The Bertz CT molecular complexity index is 303. The molecule has 0 fully saturated rings. The molecule has 1 nitrogen and oxygen atoms in total. The minimum atomic E-state index is 1.08. The van der Waals surface area contributed by atoms with E-state index in [2.05, 4.69) is 23.6 Å². The van der Waals surface area contributed by atoms with Gasteiger partial charge in [-0.15, -0.1) is 0 Å². The average molecular weight is 203 g/mol. The third kappa shape index (κ3) is 4.50. The maximum absolute atomic E-state index is 3.82. The van der Waals surface area contributed by atoms with Crippen molar-refractivity contribution in [3.63, 3.8) is 0 Å². The van der Waals surface area contributed by atoms with Gasteiger partial charge in [0.15, 0.2) is 0 Å². The van der Waals surface area contributed by atoms with Crippen LogP contribution in [-0.4, -0.2) is 11.9 Å². The lowest BCUT2D eigenvalue weighted by atomic mass is 10.2. The molecule has 0 atom stereocenters. The molecule has 0 aliphatic rings. The molecular formula is C14H21N. The third-order valence-electron chi connectivity index (χ3n) is 2.08. The Balaban J connectivity index is 4.93. The van der Waals surface area contributed by atoms with Crippen LogP contribution in [0.4, 0.5) is 0 Å². The number of nitrogens with zero attached hydrogens (tertiary/aromatic N) is 1. The maximum atomic E-state index is 3.82. The zero-order valence-corrected chi connectivity index (χ0v) is 10.2. The molecule has 0 aliphatic carbocycles. The summed E-state index contributed by atoms with van der Waals surface area (Å²) in [5.41, 5.74) is 2.24. The van der Waals surface area contributed by atoms with Crippen LogP contribution in [-0.2, 0) is 0 Å². The van der Waals surface area contributed by atoms with Gasteiger partial charge < -0.3 is 4.90 Å². The fourth-order valence-electron chi connectivity index (χ4n) is 1.23. The Morgan fingerprint density at radius 1 is 1.07 bits per heavy atom. The van der Waals surface area contributed by atoms with Crippen LogP contribution in [0.25, 0.3) is 0 Å². The summed E-state index contributed by atoms with van der Waals surface area (Å²) in [7, 11) is 2.03. The zero-order chi connectivity index (χ0) is 11.7. The van der Waals surface area contributed by atoms with Gasteiger partial charge in [0.25, 0.3) is 0 Å². The monoisotopic (exact) mass is 203 g/mol. The number of likely N-dealkylation sites (N-methyl/N-ethyl adjacent to an activating group) is 1. The first kappa shape index (κ1) is 13.5. The standard InChI is InChI=1S/C14H21N/c1-6-10-12-14(9-4)15(5)13(8-3)11-7-2/h6-12H,4H2,1-3,5H3/b10-6-,11-7-,13-8?,14-12+. The summed E-state index contributed by atoms with van der Waals surface area (Å²) in [6, 6.07) is 0. The van der Waals surface area contributed by atoms with E-state index in [0.29, 0.717) is 0 Å². The van der Waals surface area contributed by atoms with E-state index >= 15 is 0 Å². The molecule has 0 aromatic heterocycles. The SMILES string of the molecule is C=C/C(=C\C=C/C)N(C)C(=CC)/C=C\C. The van der Waals surface area contributed by atoms with E-state index in [0.717, 1.165) is 11.4 Å². The van der Waals surface area contributed by atoms with E-state index in [4.69, 9.17) is 0 Å². The summed E-state index contributed by atoms with van der Waals surface area (Å²) in [5, 5.41) is 0. The van der Waals surface area contributed by atoms with Gasteiger partial charge in [-0.25, -0.2) is 0 Å². The second-order valence-corrected chi connectivity index (χ2v) is 3.09. The fraction of sp³-hybridized carbons (Fsp3) is 0.286. The molecule has 0 N–H and O–H groups in total. The van der Waals surface area contributed by atoms with Gasteiger partial charge in [-0.3, -0.25) is 0 Å². The summed E-state index contributed by atoms with van der Waals surface area (Å²) in [5.74, 6) is 0. The lowest BCUT2D eigenvalue weighted by Crippen LogP contribution is -2.14. The molecule has 0 aromatic rings. The second kappa shape index (κ2) is 7.86. The normalized spacial score (nSPS) is 13.9. The summed E-state index contributed by atoms with van der Waals surface area (Å²) in [6.45, 7) is 9.86. The van der Waals surface area contributed by atoms with E-state index in [1.54, 1.807) is 0 Å². The van der Waals surface area contributed by atoms with Crippen molar-refractivity contribution in [1.29, 1.82) is 0 Å². The van der Waals surface area contributed by atoms with Gasteiger partial charge >= 0.3 is 0 Å². The first-order valence-electron chi connectivity index (χ1n) is 5.19. The van der Waals surface area contributed by atoms with Crippen LogP contribution in [0.3, 0.4) is 0 Å². The Kier molecular flexibility index (Phi) is 7.08. The third-order valence-corrected chi connectivity index (χ3v) is 2.08. The van der Waals surface area contributed by atoms with E-state index in [1.807, 2.05) is 58.2 Å². The molecule has 0 heterocycles. The number of hydrogen-bond donors (Lipinski definition) is 0. The van der Waals surface area contributed by atoms with E-state index in [9.17, 15) is 0 Å². The molecule has 0 radical (unpaired) electrons. The quantitative estimate of drug-likeness (QED) is 0.609. The molecule has 82 valence electrons. The molecule has 0 amide bonds. The summed E-state index contributed by atoms with van der Waals surface area (Å²) in [4.78, 5) is 2.10. The van der Waals surface area contributed by atoms with Crippen molar-refractivity contribution in [2.75, 3.05) is 7.05 Å². The number of hydrogen-bond acceptors (Lipinski definition) is 1. The van der Waals surface area contributed by atoms with Crippen molar-refractivity contribution in [2.24, 2.45) is 0 Å². The average Bonchev–Trinajstić information content (AvgIpc) is 2.26. The summed E-state index contributed by atoms with van der Waals surface area (Å²) < 4.78 is 0. The molecule has 15 heavy (non-hydrogen) atoms. The number of rotatable bonds is 5. The van der Waals surface area contributed by atoms with E-state index in [-0.39, 0.29) is 0 Å². The largest absolute Gasteiger partial charge is 0.345 e. The van der Waals surface area contributed by atoms with Gasteiger partial charge in [0.05, 0.1) is 0 Å². The topological polar surface area (TPSA) is 3.24 Å². The van der Waals surface area contributed by atoms with Crippen molar-refractivity contribution >= 4 is 0 Å². The lowest BCUT2D eigenvalue weighted by molar-refractivity contribution is 0.553. The Morgan fingerprint density at radius 2 is 1.73 bits per heavy atom. The van der Waals surface area contributed by atoms with Crippen molar-refractivity contribution in [3.05, 3.63) is 60.5 Å². The van der Waals surface area contributed by atoms with Gasteiger partial charge in [0.2, 0.25) is 0 Å². The highest BCUT2D eigenvalue weighted by Crippen LogP contribution is 2.12. The van der Waals surface area contributed by atoms with Crippen LogP contribution in [0.2, 0.25) is 0 Å². The van der Waals surface area contributed by atoms with Crippen LogP contribution < -0.4 is 0 Å². The van der Waals surface area contributed by atoms with Gasteiger partial charge in [-0.2, -0.15) is 0 Å². The minimum absolute atomic E-state index is 1.08. The molecule has 1 heteroatoms. The smallest absolute Gasteiger partial charge is 0.0401 e. The molecule has 0 saturated carbocycles. The Hall–Kier alpha value is -1.50. The van der Waals surface area contributed by atoms with Crippen LogP contribution in [0.5, 0.6) is 0 Å². The van der Waals surface area contributed by atoms with Gasteiger partial charge in [0.1, 0.15) is 0 Å². The number of allylic oxidation sites excluding steroid dienone is 7. The highest BCUT2D eigenvalue weighted by atomic mass is 15.1. The summed E-state index contributed by atoms with van der Waals surface area (Å²) in [6.07, 6.45) is 14.1. The Labute approximate surface area is 93.8 Å². The van der Waals surface area contributed by atoms with Crippen molar-refractivity contribution in [1.82, 2.24) is 4.90 Å². The van der Waals surface area contributed by atoms with Gasteiger partial charge in [-0.05, 0) is 39.0 Å². The predicted molar refractivity (Wildman–Crippen MR) is 69.4 cm³/mol. The van der Waals surface area contributed by atoms with Crippen LogP contribution in [0.1, 0.15) is 20.8 Å². The van der Waals surface area contributed by atoms with Crippen molar-refractivity contribution < 1.29 is 0 Å². The van der Waals surface area contributed by atoms with E-state index in [1.165, 1.54) is 0 Å². The van der Waals surface area contributed by atoms with Crippen LogP contribution >= 0.6 is 0 Å². The van der Waals surface area contributed by atoms with Crippen LogP contribution in [0.15, 0.2) is 60.5 Å². The van der Waals surface area contributed by atoms with Crippen molar-refractivity contribution in [2.45, 2.75) is 20.8 Å². The van der Waals surface area contributed by atoms with E-state index < -0.39 is 0 Å². The second-order valence-electron chi connectivity index (χ2n) is 3.09. The lowest BCUT2D eigenvalue weighted by Gasteiger charge is -2.21. The van der Waals surface area contributed by atoms with Gasteiger partial charge in [-0.1, -0.05) is 30.9 Å². The molecule has 0 saturated heterocycles. The molecule has 0 bridgehead atoms. The molecule has 0 rings (SSSR count). The molecule has 0 aromatic carbocycles. The molecule has 0 spiro atoms. The first-order chi connectivity index (χ1) is 7.21. The van der Waals surface area contributed by atoms with Crippen LogP contribution in [0, 0.1) is 0 Å². The van der Waals surface area contributed by atoms with Gasteiger partial charge in [0, 0.05) is 18.4 Å². The fourth-order valence-corrected chi connectivity index (χ4v) is 1.23. The molecular weight excluding hydrogens is 182 g/mol. The highest BCUT2D eigenvalue weighted by molar-refractivity contribution is 5.29. The first-order valence-corrected chi connectivity index (χ1v) is 5.19. The maximum Gasteiger partial charge on any atom is 0.0401 e. The van der Waals surface area contributed by atoms with Crippen molar-refractivity contribution in [3.8, 4) is 0 Å². The predicted octanol–water partition coefficient (Wildman–Crippen LogP) is 4.04. The highest BCUT2D eigenvalue weighted by Gasteiger charge is 2.01. The molecule has 0 unspecified atom stereocenters. The molecule has 0 aliphatic heterocycles. The minimum Gasteiger partial charge on any atom is -0.345 e. The zero-order valence-electron chi connectivity index (χ0n) is 10.2.